The monoisotopic (exact) mass is 233 g/mol. The highest BCUT2D eigenvalue weighted by Crippen LogP contribution is 2.10. The van der Waals surface area contributed by atoms with E-state index in [1.165, 1.54) is 0 Å². The fourth-order valence-electron chi connectivity index (χ4n) is 2.15. The van der Waals surface area contributed by atoms with E-state index in [0.717, 1.165) is 30.8 Å². The van der Waals surface area contributed by atoms with Gasteiger partial charge in [0.15, 0.2) is 0 Å². The third-order valence-corrected chi connectivity index (χ3v) is 3.41. The smallest absolute Gasteiger partial charge is 0.228 e. The van der Waals surface area contributed by atoms with Gasteiger partial charge in [-0.15, -0.1) is 0 Å². The van der Waals surface area contributed by atoms with Crippen LogP contribution in [0.25, 0.3) is 0 Å². The van der Waals surface area contributed by atoms with Crippen LogP contribution < -0.4 is 5.32 Å². The van der Waals surface area contributed by atoms with Gasteiger partial charge < -0.3 is 10.2 Å². The zero-order valence-electron chi connectivity index (χ0n) is 10.4. The van der Waals surface area contributed by atoms with Gasteiger partial charge >= 0.3 is 0 Å². The average molecular weight is 233 g/mol. The van der Waals surface area contributed by atoms with E-state index in [9.17, 15) is 4.79 Å². The Kier molecular flexibility index (Phi) is 3.74. The van der Waals surface area contributed by atoms with Gasteiger partial charge in [0.05, 0.1) is 12.1 Å². The molecule has 17 heavy (non-hydrogen) atoms. The molecule has 0 spiro atoms. The van der Waals surface area contributed by atoms with Gasteiger partial charge in [-0.25, -0.2) is 0 Å². The van der Waals surface area contributed by atoms with Crippen LogP contribution in [-0.4, -0.2) is 42.0 Å². The summed E-state index contributed by atoms with van der Waals surface area (Å²) in [6, 6.07) is 4.23. The molecule has 1 atom stereocenters. The summed E-state index contributed by atoms with van der Waals surface area (Å²) in [6.45, 7) is 3.90. The van der Waals surface area contributed by atoms with Crippen LogP contribution in [0.3, 0.4) is 0 Å². The molecule has 1 aromatic rings. The van der Waals surface area contributed by atoms with E-state index < -0.39 is 0 Å². The molecule has 1 fully saturated rings. The standard InChI is InChI=1S/C13H19N3O/c1-10-4-3-6-15-12(10)8-13(17)16(2)11-5-7-14-9-11/h3-4,6,11,14H,5,7-9H2,1-2H3. The molecule has 92 valence electrons. The van der Waals surface area contributed by atoms with Gasteiger partial charge in [0.1, 0.15) is 0 Å². The Morgan fingerprint density at radius 1 is 1.65 bits per heavy atom. The summed E-state index contributed by atoms with van der Waals surface area (Å²) < 4.78 is 0. The minimum atomic E-state index is 0.153. The number of hydrogen-bond acceptors (Lipinski definition) is 3. The molecule has 0 radical (unpaired) electrons. The van der Waals surface area contributed by atoms with E-state index in [-0.39, 0.29) is 5.91 Å². The Bertz CT molecular complexity index is 399. The van der Waals surface area contributed by atoms with Gasteiger partial charge in [0, 0.05) is 25.8 Å². The quantitative estimate of drug-likeness (QED) is 0.838. The third kappa shape index (κ3) is 2.82. The normalized spacial score (nSPS) is 19.3. The first-order chi connectivity index (χ1) is 8.18. The molecule has 1 amide bonds. The molecule has 1 N–H and O–H groups in total. The summed E-state index contributed by atoms with van der Waals surface area (Å²) >= 11 is 0. The highest BCUT2D eigenvalue weighted by Gasteiger charge is 2.23. The van der Waals surface area contributed by atoms with E-state index in [1.54, 1.807) is 6.20 Å². The van der Waals surface area contributed by atoms with Crippen LogP contribution in [0.2, 0.25) is 0 Å². The lowest BCUT2D eigenvalue weighted by atomic mass is 10.1. The van der Waals surface area contributed by atoms with Crippen molar-refractivity contribution in [2.45, 2.75) is 25.8 Å². The number of hydrogen-bond donors (Lipinski definition) is 1. The van der Waals surface area contributed by atoms with Gasteiger partial charge in [-0.1, -0.05) is 6.07 Å². The predicted octanol–water partition coefficient (Wildman–Crippen LogP) is 0.753. The molecule has 4 heteroatoms. The second kappa shape index (κ2) is 5.27. The predicted molar refractivity (Wildman–Crippen MR) is 66.7 cm³/mol. The van der Waals surface area contributed by atoms with Gasteiger partial charge in [0.25, 0.3) is 0 Å². The van der Waals surface area contributed by atoms with Crippen LogP contribution in [-0.2, 0) is 11.2 Å². The fraction of sp³-hybridized carbons (Fsp3) is 0.538. The molecule has 2 heterocycles. The lowest BCUT2D eigenvalue weighted by Crippen LogP contribution is -2.39. The van der Waals surface area contributed by atoms with Gasteiger partial charge in [0.2, 0.25) is 5.91 Å². The first-order valence-electron chi connectivity index (χ1n) is 6.05. The maximum absolute atomic E-state index is 12.1. The van der Waals surface area contributed by atoms with Crippen molar-refractivity contribution in [2.24, 2.45) is 0 Å². The van der Waals surface area contributed by atoms with Gasteiger partial charge in [-0.05, 0) is 31.5 Å². The Labute approximate surface area is 102 Å². The van der Waals surface area contributed by atoms with Crippen LogP contribution in [0.4, 0.5) is 0 Å². The molecule has 0 aromatic carbocycles. The zero-order chi connectivity index (χ0) is 12.3. The van der Waals surface area contributed by atoms with Crippen molar-refractivity contribution in [3.8, 4) is 0 Å². The molecule has 1 aliphatic rings. The van der Waals surface area contributed by atoms with E-state index >= 15 is 0 Å². The fourth-order valence-corrected chi connectivity index (χ4v) is 2.15. The summed E-state index contributed by atoms with van der Waals surface area (Å²) in [5.74, 6) is 0.153. The maximum atomic E-state index is 12.1. The third-order valence-electron chi connectivity index (χ3n) is 3.41. The Balaban J connectivity index is 1.99. The molecular weight excluding hydrogens is 214 g/mol. The van der Waals surface area contributed by atoms with Gasteiger partial charge in [-0.3, -0.25) is 9.78 Å². The Morgan fingerprint density at radius 2 is 2.47 bits per heavy atom. The van der Waals surface area contributed by atoms with Crippen LogP contribution in [0.1, 0.15) is 17.7 Å². The summed E-state index contributed by atoms with van der Waals surface area (Å²) in [5, 5.41) is 3.27. The summed E-state index contributed by atoms with van der Waals surface area (Å²) in [7, 11) is 1.89. The number of amides is 1. The number of nitrogens with zero attached hydrogens (tertiary/aromatic N) is 2. The van der Waals surface area contributed by atoms with Crippen LogP contribution in [0.5, 0.6) is 0 Å². The van der Waals surface area contributed by atoms with Gasteiger partial charge in [-0.2, -0.15) is 0 Å². The number of aryl methyl sites for hydroxylation is 1. The lowest BCUT2D eigenvalue weighted by molar-refractivity contribution is -0.130. The van der Waals surface area contributed by atoms with Crippen LogP contribution >= 0.6 is 0 Å². The number of carbonyl (C=O) groups is 1. The Morgan fingerprint density at radius 3 is 3.12 bits per heavy atom. The van der Waals surface area contributed by atoms with Crippen molar-refractivity contribution in [2.75, 3.05) is 20.1 Å². The summed E-state index contributed by atoms with van der Waals surface area (Å²) in [5.41, 5.74) is 1.97. The largest absolute Gasteiger partial charge is 0.341 e. The minimum absolute atomic E-state index is 0.153. The van der Waals surface area contributed by atoms with Crippen molar-refractivity contribution in [1.29, 1.82) is 0 Å². The maximum Gasteiger partial charge on any atom is 0.228 e. The van der Waals surface area contributed by atoms with E-state index in [2.05, 4.69) is 10.3 Å². The number of rotatable bonds is 3. The summed E-state index contributed by atoms with van der Waals surface area (Å²) in [4.78, 5) is 18.2. The first kappa shape index (κ1) is 12.0. The number of likely N-dealkylation sites (N-methyl/N-ethyl adjacent to an activating group) is 1. The summed E-state index contributed by atoms with van der Waals surface area (Å²) in [6.07, 6.45) is 3.19. The molecule has 0 saturated carbocycles. The highest BCUT2D eigenvalue weighted by molar-refractivity contribution is 5.78. The lowest BCUT2D eigenvalue weighted by Gasteiger charge is -2.23. The molecule has 1 aliphatic heterocycles. The highest BCUT2D eigenvalue weighted by atomic mass is 16.2. The second-order valence-corrected chi connectivity index (χ2v) is 4.60. The molecule has 2 rings (SSSR count). The molecule has 1 saturated heterocycles. The number of pyridine rings is 1. The van der Waals surface area contributed by atoms with Crippen molar-refractivity contribution in [1.82, 2.24) is 15.2 Å². The molecule has 4 nitrogen and oxygen atoms in total. The van der Waals surface area contributed by atoms with E-state index in [4.69, 9.17) is 0 Å². The topological polar surface area (TPSA) is 45.2 Å². The van der Waals surface area contributed by atoms with Crippen molar-refractivity contribution in [3.63, 3.8) is 0 Å². The Hall–Kier alpha value is -1.42. The number of nitrogens with one attached hydrogen (secondary N) is 1. The van der Waals surface area contributed by atoms with E-state index in [1.807, 2.05) is 31.0 Å². The molecule has 0 bridgehead atoms. The van der Waals surface area contributed by atoms with Crippen molar-refractivity contribution in [3.05, 3.63) is 29.6 Å². The van der Waals surface area contributed by atoms with Crippen molar-refractivity contribution < 1.29 is 4.79 Å². The van der Waals surface area contributed by atoms with E-state index in [0.29, 0.717) is 12.5 Å². The number of aromatic nitrogens is 1. The average Bonchev–Trinajstić information content (AvgIpc) is 2.84. The molecule has 1 unspecified atom stereocenters. The van der Waals surface area contributed by atoms with Crippen molar-refractivity contribution >= 4 is 5.91 Å². The van der Waals surface area contributed by atoms with Crippen LogP contribution in [0, 0.1) is 6.92 Å². The second-order valence-electron chi connectivity index (χ2n) is 4.60. The number of carbonyl (C=O) groups excluding carboxylic acids is 1. The molecule has 0 aliphatic carbocycles. The molecular formula is C13H19N3O. The SMILES string of the molecule is Cc1cccnc1CC(=O)N(C)C1CCNC1. The zero-order valence-corrected chi connectivity index (χ0v) is 10.4. The minimum Gasteiger partial charge on any atom is -0.341 e. The van der Waals surface area contributed by atoms with Crippen LogP contribution in [0.15, 0.2) is 18.3 Å². The molecule has 1 aromatic heterocycles. The first-order valence-corrected chi connectivity index (χ1v) is 6.05.